The van der Waals surface area contributed by atoms with Gasteiger partial charge in [-0.3, -0.25) is 14.5 Å². The van der Waals surface area contributed by atoms with Crippen molar-refractivity contribution < 1.29 is 24.2 Å². The minimum atomic E-state index is -0.923. The Morgan fingerprint density at radius 2 is 1.51 bits per heavy atom. The number of carbonyl (C=O) groups excluding carboxylic acids is 2. The highest BCUT2D eigenvalue weighted by molar-refractivity contribution is 5.86. The highest BCUT2D eigenvalue weighted by Gasteiger charge is 2.30. The number of nitrogens with zero attached hydrogens (tertiary/aromatic N) is 1. The minimum Gasteiger partial charge on any atom is -0.481 e. The summed E-state index contributed by atoms with van der Waals surface area (Å²) in [5.41, 5.74) is 5.57. The average molecular weight is 530 g/mol. The molecule has 8 heteroatoms. The Hall–Kier alpha value is -4.17. The van der Waals surface area contributed by atoms with Crippen LogP contribution in [0.4, 0.5) is 4.79 Å². The summed E-state index contributed by atoms with van der Waals surface area (Å²) in [4.78, 5) is 39.0. The molecule has 204 valence electrons. The molecule has 39 heavy (non-hydrogen) atoms. The van der Waals surface area contributed by atoms with Crippen LogP contribution in [-0.2, 0) is 20.9 Å². The van der Waals surface area contributed by atoms with Gasteiger partial charge in [0, 0.05) is 32.0 Å². The zero-order valence-corrected chi connectivity index (χ0v) is 22.3. The van der Waals surface area contributed by atoms with Crippen LogP contribution in [0.2, 0.25) is 0 Å². The van der Waals surface area contributed by atoms with Crippen molar-refractivity contribution in [3.63, 3.8) is 0 Å². The maximum absolute atomic E-state index is 13.1. The minimum absolute atomic E-state index is 0.0569. The van der Waals surface area contributed by atoms with Crippen LogP contribution < -0.4 is 10.6 Å². The van der Waals surface area contributed by atoms with Gasteiger partial charge in [-0.1, -0.05) is 85.8 Å². The number of rotatable bonds is 12. The van der Waals surface area contributed by atoms with Gasteiger partial charge < -0.3 is 20.5 Å². The molecule has 0 spiro atoms. The second-order valence-electron chi connectivity index (χ2n) is 10.2. The van der Waals surface area contributed by atoms with Gasteiger partial charge in [0.05, 0.1) is 0 Å². The number of fused-ring (bicyclic) bond motifs is 3. The van der Waals surface area contributed by atoms with E-state index in [0.29, 0.717) is 6.54 Å². The first-order valence-electron chi connectivity index (χ1n) is 13.1. The molecule has 2 atom stereocenters. The summed E-state index contributed by atoms with van der Waals surface area (Å²) >= 11 is 0. The quantitative estimate of drug-likeness (QED) is 0.324. The molecule has 0 heterocycles. The molecule has 3 aromatic carbocycles. The van der Waals surface area contributed by atoms with E-state index in [9.17, 15) is 14.4 Å². The Kier molecular flexibility index (Phi) is 9.33. The average Bonchev–Trinajstić information content (AvgIpc) is 3.24. The van der Waals surface area contributed by atoms with E-state index in [1.807, 2.05) is 78.7 Å². The summed E-state index contributed by atoms with van der Waals surface area (Å²) in [6.07, 6.45) is -0.734. The van der Waals surface area contributed by atoms with E-state index < -0.39 is 18.1 Å². The predicted octanol–water partition coefficient (Wildman–Crippen LogP) is 4.25. The fourth-order valence-corrected chi connectivity index (χ4v) is 5.02. The van der Waals surface area contributed by atoms with Crippen molar-refractivity contribution in [2.75, 3.05) is 26.7 Å². The van der Waals surface area contributed by atoms with Gasteiger partial charge in [-0.05, 0) is 40.8 Å². The highest BCUT2D eigenvalue weighted by atomic mass is 16.5. The number of aliphatic carboxylic acids is 1. The number of nitrogens with one attached hydrogen (secondary N) is 2. The summed E-state index contributed by atoms with van der Waals surface area (Å²) in [6, 6.07) is 25.2. The Bertz CT molecular complexity index is 1250. The van der Waals surface area contributed by atoms with Gasteiger partial charge in [-0.15, -0.1) is 0 Å². The lowest BCUT2D eigenvalue weighted by molar-refractivity contribution is -0.138. The van der Waals surface area contributed by atoms with E-state index in [4.69, 9.17) is 9.84 Å². The number of likely N-dealkylation sites (N-methyl/N-ethyl adjacent to an activating group) is 1. The lowest BCUT2D eigenvalue weighted by Gasteiger charge is -2.25. The van der Waals surface area contributed by atoms with Crippen LogP contribution in [0.5, 0.6) is 0 Å². The number of carboxylic acid groups (broad SMARTS) is 1. The number of ether oxygens (including phenoxy) is 1. The van der Waals surface area contributed by atoms with E-state index >= 15 is 0 Å². The first-order valence-corrected chi connectivity index (χ1v) is 13.1. The number of benzene rings is 3. The summed E-state index contributed by atoms with van der Waals surface area (Å²) in [7, 11) is 1.87. The van der Waals surface area contributed by atoms with E-state index in [1.165, 1.54) is 0 Å². The Labute approximate surface area is 229 Å². The third-order valence-corrected chi connectivity index (χ3v) is 6.89. The summed E-state index contributed by atoms with van der Waals surface area (Å²) in [5, 5.41) is 14.5. The van der Waals surface area contributed by atoms with Gasteiger partial charge in [0.1, 0.15) is 12.6 Å². The number of hydrogen-bond acceptors (Lipinski definition) is 5. The van der Waals surface area contributed by atoms with Crippen LogP contribution in [0, 0.1) is 5.92 Å². The third-order valence-electron chi connectivity index (χ3n) is 6.89. The molecule has 2 amide bonds. The number of carbonyl (C=O) groups is 3. The van der Waals surface area contributed by atoms with Crippen molar-refractivity contribution in [3.05, 3.63) is 95.6 Å². The molecule has 0 radical (unpaired) electrons. The second kappa shape index (κ2) is 13.1. The van der Waals surface area contributed by atoms with Crippen LogP contribution >= 0.6 is 0 Å². The molecule has 4 rings (SSSR count). The van der Waals surface area contributed by atoms with Crippen LogP contribution in [0.25, 0.3) is 11.1 Å². The van der Waals surface area contributed by atoms with Crippen LogP contribution in [0.3, 0.4) is 0 Å². The van der Waals surface area contributed by atoms with Gasteiger partial charge in [0.2, 0.25) is 5.91 Å². The molecule has 0 saturated heterocycles. The van der Waals surface area contributed by atoms with Crippen molar-refractivity contribution in [1.82, 2.24) is 15.5 Å². The smallest absolute Gasteiger partial charge is 0.407 e. The summed E-state index contributed by atoms with van der Waals surface area (Å²) < 4.78 is 5.67. The van der Waals surface area contributed by atoms with E-state index in [-0.39, 0.29) is 43.9 Å². The normalized spacial score (nSPS) is 13.7. The lowest BCUT2D eigenvalue weighted by Crippen LogP contribution is -2.52. The first-order chi connectivity index (χ1) is 18.8. The Morgan fingerprint density at radius 1 is 0.923 bits per heavy atom. The van der Waals surface area contributed by atoms with Crippen LogP contribution in [-0.4, -0.2) is 60.8 Å². The highest BCUT2D eigenvalue weighted by Crippen LogP contribution is 2.44. The number of amides is 2. The van der Waals surface area contributed by atoms with E-state index in [1.54, 1.807) is 6.92 Å². The number of alkyl carbamates (subject to hydrolysis) is 1. The monoisotopic (exact) mass is 529 g/mol. The van der Waals surface area contributed by atoms with Crippen molar-refractivity contribution in [2.45, 2.75) is 31.8 Å². The number of hydrogen-bond donors (Lipinski definition) is 3. The maximum Gasteiger partial charge on any atom is 0.407 e. The molecule has 3 aromatic rings. The van der Waals surface area contributed by atoms with E-state index in [0.717, 1.165) is 27.8 Å². The van der Waals surface area contributed by atoms with Gasteiger partial charge in [-0.25, -0.2) is 4.79 Å². The first kappa shape index (κ1) is 27.9. The fraction of sp³-hybridized carbons (Fsp3) is 0.323. The van der Waals surface area contributed by atoms with Crippen molar-refractivity contribution in [1.29, 1.82) is 0 Å². The van der Waals surface area contributed by atoms with Crippen LogP contribution in [0.1, 0.15) is 36.0 Å². The SMILES string of the molecule is CC(CNC(=O)C(CN(C)Cc1ccccc1)NC(=O)OCC1c2ccccc2-c2ccccc21)CC(=O)O. The zero-order valence-electron chi connectivity index (χ0n) is 22.3. The van der Waals surface area contributed by atoms with Gasteiger partial charge >= 0.3 is 12.1 Å². The van der Waals surface area contributed by atoms with Crippen molar-refractivity contribution in [2.24, 2.45) is 5.92 Å². The summed E-state index contributed by atoms with van der Waals surface area (Å²) in [5.74, 6) is -1.65. The van der Waals surface area contributed by atoms with Crippen LogP contribution in [0.15, 0.2) is 78.9 Å². The molecule has 0 bridgehead atoms. The largest absolute Gasteiger partial charge is 0.481 e. The van der Waals surface area contributed by atoms with Crippen molar-refractivity contribution in [3.8, 4) is 11.1 Å². The third kappa shape index (κ3) is 7.45. The Morgan fingerprint density at radius 3 is 2.13 bits per heavy atom. The molecule has 1 aliphatic carbocycles. The van der Waals surface area contributed by atoms with Gasteiger partial charge in [0.25, 0.3) is 0 Å². The molecule has 1 aliphatic rings. The molecule has 0 saturated carbocycles. The van der Waals surface area contributed by atoms with Gasteiger partial charge in [-0.2, -0.15) is 0 Å². The van der Waals surface area contributed by atoms with E-state index in [2.05, 4.69) is 22.8 Å². The molecule has 0 aromatic heterocycles. The molecule has 8 nitrogen and oxygen atoms in total. The molecule has 0 fully saturated rings. The predicted molar refractivity (Wildman–Crippen MR) is 149 cm³/mol. The molecule has 0 aliphatic heterocycles. The maximum atomic E-state index is 13.1. The topological polar surface area (TPSA) is 108 Å². The standard InChI is InChI=1S/C31H35N3O5/c1-21(16-29(35)36)17-32-30(37)28(19-34(2)18-22-10-4-3-5-11-22)33-31(38)39-20-27-25-14-8-6-12-23(25)24-13-7-9-15-26(24)27/h3-15,21,27-28H,16-20H2,1-2H3,(H,32,37)(H,33,38)(H,35,36). The molecule has 3 N–H and O–H groups in total. The van der Waals surface area contributed by atoms with Gasteiger partial charge in [0.15, 0.2) is 0 Å². The Balaban J connectivity index is 1.40. The molecular formula is C31H35N3O5. The molecular weight excluding hydrogens is 494 g/mol. The summed E-state index contributed by atoms with van der Waals surface area (Å²) in [6.45, 7) is 2.93. The lowest BCUT2D eigenvalue weighted by atomic mass is 9.98. The molecule has 2 unspecified atom stereocenters. The number of carboxylic acids is 1. The zero-order chi connectivity index (χ0) is 27.8. The van der Waals surface area contributed by atoms with Crippen molar-refractivity contribution >= 4 is 18.0 Å². The second-order valence-corrected chi connectivity index (χ2v) is 10.2. The fourth-order valence-electron chi connectivity index (χ4n) is 5.02.